The van der Waals surface area contributed by atoms with Crippen molar-refractivity contribution in [2.45, 2.75) is 0 Å². The lowest BCUT2D eigenvalue weighted by atomic mass is 10.1. The van der Waals surface area contributed by atoms with E-state index in [1.807, 2.05) is 0 Å². The van der Waals surface area contributed by atoms with Crippen LogP contribution in [0.25, 0.3) is 0 Å². The van der Waals surface area contributed by atoms with E-state index in [2.05, 4.69) is 10.5 Å². The van der Waals surface area contributed by atoms with Crippen molar-refractivity contribution >= 4 is 18.1 Å². The SMILES string of the molecule is COc1ccccc1OCC(=O)N/N=C\c1ccc(C(=O)[O-])cc1. The van der Waals surface area contributed by atoms with E-state index < -0.39 is 11.9 Å². The normalized spacial score (nSPS) is 10.4. The minimum atomic E-state index is -1.25. The second-order valence-electron chi connectivity index (χ2n) is 4.64. The molecule has 7 heteroatoms. The molecule has 0 bridgehead atoms. The zero-order valence-electron chi connectivity index (χ0n) is 12.9. The van der Waals surface area contributed by atoms with E-state index in [1.165, 1.54) is 25.5 Å². The smallest absolute Gasteiger partial charge is 0.277 e. The van der Waals surface area contributed by atoms with Gasteiger partial charge in [-0.2, -0.15) is 5.10 Å². The molecule has 0 atom stereocenters. The third kappa shape index (κ3) is 4.84. The van der Waals surface area contributed by atoms with Gasteiger partial charge in [-0.25, -0.2) is 5.43 Å². The molecule has 24 heavy (non-hydrogen) atoms. The predicted molar refractivity (Wildman–Crippen MR) is 85.0 cm³/mol. The van der Waals surface area contributed by atoms with Crippen LogP contribution in [0.1, 0.15) is 15.9 Å². The number of rotatable bonds is 7. The molecule has 0 saturated heterocycles. The number of carboxylic acids is 1. The monoisotopic (exact) mass is 327 g/mol. The third-order valence-electron chi connectivity index (χ3n) is 2.98. The number of ether oxygens (including phenoxy) is 2. The summed E-state index contributed by atoms with van der Waals surface area (Å²) in [6.45, 7) is -0.221. The first kappa shape index (κ1) is 17.0. The fourth-order valence-corrected chi connectivity index (χ4v) is 1.80. The van der Waals surface area contributed by atoms with Crippen molar-refractivity contribution in [3.05, 3.63) is 59.7 Å². The molecule has 2 aromatic carbocycles. The second-order valence-corrected chi connectivity index (χ2v) is 4.64. The summed E-state index contributed by atoms with van der Waals surface area (Å²) in [4.78, 5) is 22.3. The summed E-state index contributed by atoms with van der Waals surface area (Å²) < 4.78 is 10.5. The molecule has 0 spiro atoms. The average Bonchev–Trinajstić information content (AvgIpc) is 2.60. The van der Waals surface area contributed by atoms with Gasteiger partial charge in [0.05, 0.1) is 19.3 Å². The van der Waals surface area contributed by atoms with E-state index >= 15 is 0 Å². The fourth-order valence-electron chi connectivity index (χ4n) is 1.80. The first-order valence-electron chi connectivity index (χ1n) is 6.99. The third-order valence-corrected chi connectivity index (χ3v) is 2.98. The van der Waals surface area contributed by atoms with Crippen LogP contribution in [0.3, 0.4) is 0 Å². The van der Waals surface area contributed by atoms with Crippen molar-refractivity contribution in [3.63, 3.8) is 0 Å². The molecule has 1 amide bonds. The van der Waals surface area contributed by atoms with E-state index in [0.29, 0.717) is 17.1 Å². The fraction of sp³-hybridized carbons (Fsp3) is 0.118. The number of carboxylic acid groups (broad SMARTS) is 1. The lowest BCUT2D eigenvalue weighted by Gasteiger charge is -2.09. The van der Waals surface area contributed by atoms with E-state index in [4.69, 9.17) is 9.47 Å². The quantitative estimate of drug-likeness (QED) is 0.592. The summed E-state index contributed by atoms with van der Waals surface area (Å²) in [6, 6.07) is 12.9. The Bertz CT molecular complexity index is 741. The molecule has 0 aliphatic heterocycles. The van der Waals surface area contributed by atoms with Gasteiger partial charge >= 0.3 is 0 Å². The molecule has 7 nitrogen and oxygen atoms in total. The molecular formula is C17H15N2O5-. The van der Waals surface area contributed by atoms with Gasteiger partial charge in [-0.05, 0) is 23.3 Å². The number of carbonyl (C=O) groups is 2. The van der Waals surface area contributed by atoms with Gasteiger partial charge in [-0.3, -0.25) is 4.79 Å². The number of hydrogen-bond donors (Lipinski definition) is 1. The van der Waals surface area contributed by atoms with Gasteiger partial charge in [0.1, 0.15) is 0 Å². The summed E-state index contributed by atoms with van der Waals surface area (Å²) in [7, 11) is 1.51. The Hall–Kier alpha value is -3.35. The van der Waals surface area contributed by atoms with Gasteiger partial charge in [0.15, 0.2) is 18.1 Å². The molecule has 0 aliphatic carbocycles. The maximum atomic E-state index is 11.7. The van der Waals surface area contributed by atoms with Crippen molar-refractivity contribution in [2.24, 2.45) is 5.10 Å². The Kier molecular flexibility index (Phi) is 5.90. The highest BCUT2D eigenvalue weighted by atomic mass is 16.5. The molecule has 0 saturated carbocycles. The number of carbonyl (C=O) groups excluding carboxylic acids is 2. The first-order valence-corrected chi connectivity index (χ1v) is 6.99. The zero-order valence-corrected chi connectivity index (χ0v) is 12.9. The minimum Gasteiger partial charge on any atom is -0.545 e. The van der Waals surface area contributed by atoms with Crippen LogP contribution in [-0.2, 0) is 4.79 Å². The molecule has 2 aromatic rings. The highest BCUT2D eigenvalue weighted by molar-refractivity contribution is 5.88. The molecule has 0 aliphatic rings. The first-order chi connectivity index (χ1) is 11.6. The minimum absolute atomic E-state index is 0.0707. The van der Waals surface area contributed by atoms with E-state index in [1.54, 1.807) is 36.4 Å². The summed E-state index contributed by atoms with van der Waals surface area (Å²) in [6.07, 6.45) is 1.39. The number of para-hydroxylation sites is 2. The molecule has 124 valence electrons. The van der Waals surface area contributed by atoms with E-state index in [9.17, 15) is 14.7 Å². The van der Waals surface area contributed by atoms with Crippen molar-refractivity contribution in [1.29, 1.82) is 0 Å². The van der Waals surface area contributed by atoms with Gasteiger partial charge in [0, 0.05) is 0 Å². The van der Waals surface area contributed by atoms with Crippen LogP contribution in [0, 0.1) is 0 Å². The summed E-state index contributed by atoms with van der Waals surface area (Å²) >= 11 is 0. The number of methoxy groups -OCH3 is 1. The maximum absolute atomic E-state index is 11.7. The Morgan fingerprint density at radius 1 is 1.12 bits per heavy atom. The maximum Gasteiger partial charge on any atom is 0.277 e. The number of hydrazone groups is 1. The Balaban J connectivity index is 1.83. The number of aromatic carboxylic acids is 1. The number of nitrogens with one attached hydrogen (secondary N) is 1. The van der Waals surface area contributed by atoms with Crippen molar-refractivity contribution in [3.8, 4) is 11.5 Å². The molecule has 0 radical (unpaired) electrons. The summed E-state index contributed by atoms with van der Waals surface area (Å²) in [5.41, 5.74) is 3.01. The zero-order chi connectivity index (χ0) is 17.4. The van der Waals surface area contributed by atoms with Gasteiger partial charge < -0.3 is 19.4 Å². The number of amides is 1. The largest absolute Gasteiger partial charge is 0.545 e. The highest BCUT2D eigenvalue weighted by Gasteiger charge is 2.05. The second kappa shape index (κ2) is 8.33. The van der Waals surface area contributed by atoms with Gasteiger partial charge in [-0.1, -0.05) is 36.4 Å². The lowest BCUT2D eigenvalue weighted by molar-refractivity contribution is -0.255. The summed E-state index contributed by atoms with van der Waals surface area (Å²) in [5, 5.41) is 14.4. The van der Waals surface area contributed by atoms with Crippen LogP contribution in [0.15, 0.2) is 53.6 Å². The van der Waals surface area contributed by atoms with Crippen molar-refractivity contribution in [2.75, 3.05) is 13.7 Å². The topological polar surface area (TPSA) is 100 Å². The van der Waals surface area contributed by atoms with Gasteiger partial charge in [-0.15, -0.1) is 0 Å². The van der Waals surface area contributed by atoms with Crippen LogP contribution < -0.4 is 20.0 Å². The van der Waals surface area contributed by atoms with Crippen molar-refractivity contribution < 1.29 is 24.2 Å². The van der Waals surface area contributed by atoms with Gasteiger partial charge in [0.2, 0.25) is 0 Å². The molecule has 2 rings (SSSR count). The Labute approximate surface area is 138 Å². The predicted octanol–water partition coefficient (Wildman–Crippen LogP) is 0.588. The van der Waals surface area contributed by atoms with Crippen LogP contribution in [0.4, 0.5) is 0 Å². The Morgan fingerprint density at radius 3 is 2.42 bits per heavy atom. The molecule has 0 fully saturated rings. The molecular weight excluding hydrogens is 312 g/mol. The number of benzene rings is 2. The summed E-state index contributed by atoms with van der Waals surface area (Å²) in [5.74, 6) is -0.706. The Morgan fingerprint density at radius 2 is 1.79 bits per heavy atom. The van der Waals surface area contributed by atoms with Crippen LogP contribution in [0.2, 0.25) is 0 Å². The van der Waals surface area contributed by atoms with E-state index in [-0.39, 0.29) is 12.2 Å². The van der Waals surface area contributed by atoms with Crippen LogP contribution in [-0.4, -0.2) is 31.8 Å². The number of nitrogens with zero attached hydrogens (tertiary/aromatic N) is 1. The molecule has 0 aromatic heterocycles. The molecule has 0 heterocycles. The standard InChI is InChI=1S/C17H16N2O5/c1-23-14-4-2-3-5-15(14)24-11-16(20)19-18-10-12-6-8-13(9-7-12)17(21)22/h2-10H,11H2,1H3,(H,19,20)(H,21,22)/p-1/b18-10-. The van der Waals surface area contributed by atoms with Gasteiger partial charge in [0.25, 0.3) is 5.91 Å². The average molecular weight is 327 g/mol. The van der Waals surface area contributed by atoms with Crippen LogP contribution >= 0.6 is 0 Å². The molecule has 1 N–H and O–H groups in total. The highest BCUT2D eigenvalue weighted by Crippen LogP contribution is 2.25. The van der Waals surface area contributed by atoms with Crippen molar-refractivity contribution in [1.82, 2.24) is 5.43 Å². The molecule has 0 unspecified atom stereocenters. The lowest BCUT2D eigenvalue weighted by Crippen LogP contribution is -2.24. The number of hydrogen-bond acceptors (Lipinski definition) is 6. The van der Waals surface area contributed by atoms with E-state index in [0.717, 1.165) is 0 Å². The van der Waals surface area contributed by atoms with Crippen LogP contribution in [0.5, 0.6) is 11.5 Å².